The van der Waals surface area contributed by atoms with Gasteiger partial charge in [-0.05, 0) is 43.7 Å². The lowest BCUT2D eigenvalue weighted by atomic mass is 10.1. The second-order valence-electron chi connectivity index (χ2n) is 5.08. The third-order valence-corrected chi connectivity index (χ3v) is 4.24. The zero-order valence-electron chi connectivity index (χ0n) is 13.3. The van der Waals surface area contributed by atoms with Crippen LogP contribution in [0.2, 0.25) is 0 Å². The minimum Gasteiger partial charge on any atom is -0.494 e. The first-order valence-electron chi connectivity index (χ1n) is 7.23. The number of carboxylic acids is 1. The fourth-order valence-corrected chi connectivity index (χ4v) is 2.55. The van der Waals surface area contributed by atoms with Crippen LogP contribution in [0.5, 0.6) is 5.75 Å². The number of nitrogens with one attached hydrogen (secondary N) is 1. The molecule has 1 unspecified atom stereocenters. The Morgan fingerprint density at radius 2 is 1.91 bits per heavy atom. The van der Waals surface area contributed by atoms with Gasteiger partial charge >= 0.3 is 5.97 Å². The topological polar surface area (TPSA) is 92.7 Å². The Balaban J connectivity index is 0.00000484. The summed E-state index contributed by atoms with van der Waals surface area (Å²) in [5.74, 6) is -0.241. The molecule has 0 heterocycles. The molecule has 1 aromatic carbocycles. The van der Waals surface area contributed by atoms with E-state index in [4.69, 9.17) is 9.84 Å². The van der Waals surface area contributed by atoms with Gasteiger partial charge in [-0.1, -0.05) is 13.3 Å². The van der Waals surface area contributed by atoms with Crippen molar-refractivity contribution in [3.05, 3.63) is 24.3 Å². The summed E-state index contributed by atoms with van der Waals surface area (Å²) in [6, 6.07) is 5.72. The Morgan fingerprint density at radius 1 is 1.30 bits per heavy atom. The Hall–Kier alpha value is -1.31. The average Bonchev–Trinajstić information content (AvgIpc) is 2.45. The number of halogens is 1. The predicted octanol–water partition coefficient (Wildman–Crippen LogP) is 2.12. The van der Waals surface area contributed by atoms with Gasteiger partial charge in [0.25, 0.3) is 0 Å². The van der Waals surface area contributed by atoms with Crippen molar-refractivity contribution in [2.24, 2.45) is 0 Å². The lowest BCUT2D eigenvalue weighted by Gasteiger charge is -2.13. The first-order valence-corrected chi connectivity index (χ1v) is 9.13. The van der Waals surface area contributed by atoms with Crippen LogP contribution < -0.4 is 10.1 Å². The molecule has 8 heteroatoms. The van der Waals surface area contributed by atoms with E-state index in [1.54, 1.807) is 12.1 Å². The minimum absolute atomic E-state index is 0. The maximum absolute atomic E-state index is 11.3. The second-order valence-corrected chi connectivity index (χ2v) is 7.09. The van der Waals surface area contributed by atoms with E-state index >= 15 is 0 Å². The van der Waals surface area contributed by atoms with Crippen molar-refractivity contribution in [3.8, 4) is 5.75 Å². The van der Waals surface area contributed by atoms with E-state index in [-0.39, 0.29) is 17.3 Å². The second kappa shape index (κ2) is 10.5. The van der Waals surface area contributed by atoms with Crippen molar-refractivity contribution in [1.29, 1.82) is 0 Å². The highest BCUT2D eigenvalue weighted by molar-refractivity contribution is 7.90. The van der Waals surface area contributed by atoms with E-state index in [1.165, 1.54) is 12.1 Å². The number of carbonyl (C=O) groups is 1. The molecule has 0 aliphatic carbocycles. The average molecular weight is 366 g/mol. The van der Waals surface area contributed by atoms with E-state index in [0.717, 1.165) is 12.7 Å². The Labute approximate surface area is 143 Å². The molecule has 0 aromatic heterocycles. The molecule has 1 rings (SSSR count). The molecule has 0 saturated heterocycles. The minimum atomic E-state index is -3.19. The summed E-state index contributed by atoms with van der Waals surface area (Å²) < 4.78 is 28.1. The van der Waals surface area contributed by atoms with Crippen LogP contribution in [0.15, 0.2) is 29.2 Å². The van der Waals surface area contributed by atoms with Crippen molar-refractivity contribution in [3.63, 3.8) is 0 Å². The van der Waals surface area contributed by atoms with Crippen LogP contribution in [-0.2, 0) is 14.6 Å². The van der Waals surface area contributed by atoms with E-state index in [1.807, 2.05) is 6.92 Å². The number of carboxylic acid groups (broad SMARTS) is 1. The monoisotopic (exact) mass is 365 g/mol. The van der Waals surface area contributed by atoms with Crippen molar-refractivity contribution in [1.82, 2.24) is 5.32 Å². The molecule has 0 bridgehead atoms. The molecule has 1 aromatic rings. The lowest BCUT2D eigenvalue weighted by molar-refractivity contribution is -0.139. The van der Waals surface area contributed by atoms with Gasteiger partial charge in [0.1, 0.15) is 11.8 Å². The Bertz CT molecular complexity index is 574. The van der Waals surface area contributed by atoms with Gasteiger partial charge < -0.3 is 15.2 Å². The molecule has 0 aliphatic rings. The standard InChI is InChI=1S/C15H23NO5S.ClH/c1-3-5-14(15(17)18)16-10-4-11-21-12-6-8-13(9-7-12)22(2,19)20;/h6-9,14,16H,3-5,10-11H2,1-2H3,(H,17,18);1H. The van der Waals surface area contributed by atoms with E-state index in [9.17, 15) is 13.2 Å². The van der Waals surface area contributed by atoms with E-state index in [2.05, 4.69) is 5.32 Å². The highest BCUT2D eigenvalue weighted by Crippen LogP contribution is 2.15. The fraction of sp³-hybridized carbons (Fsp3) is 0.533. The molecule has 0 amide bonds. The van der Waals surface area contributed by atoms with Crippen LogP contribution >= 0.6 is 12.4 Å². The van der Waals surface area contributed by atoms with Crippen molar-refractivity contribution in [2.45, 2.75) is 37.1 Å². The molecular weight excluding hydrogens is 342 g/mol. The number of rotatable bonds is 10. The van der Waals surface area contributed by atoms with Gasteiger partial charge in [-0.3, -0.25) is 4.79 Å². The SMILES string of the molecule is CCCC(NCCCOc1ccc(S(C)(=O)=O)cc1)C(=O)O.Cl. The molecular formula is C15H24ClNO5S. The molecule has 0 fully saturated rings. The molecule has 2 N–H and O–H groups in total. The maximum Gasteiger partial charge on any atom is 0.320 e. The molecule has 132 valence electrons. The number of hydrogen-bond acceptors (Lipinski definition) is 5. The van der Waals surface area contributed by atoms with Crippen LogP contribution in [-0.4, -0.2) is 44.9 Å². The van der Waals surface area contributed by atoms with E-state index in [0.29, 0.717) is 31.7 Å². The van der Waals surface area contributed by atoms with Gasteiger partial charge in [0.05, 0.1) is 11.5 Å². The quantitative estimate of drug-likeness (QED) is 0.617. The highest BCUT2D eigenvalue weighted by Gasteiger charge is 2.14. The van der Waals surface area contributed by atoms with Crippen LogP contribution in [0.25, 0.3) is 0 Å². The summed E-state index contributed by atoms with van der Waals surface area (Å²) in [7, 11) is -3.19. The molecule has 0 radical (unpaired) electrons. The molecule has 0 saturated carbocycles. The summed E-state index contributed by atoms with van der Waals surface area (Å²) in [4.78, 5) is 11.2. The predicted molar refractivity (Wildman–Crippen MR) is 91.2 cm³/mol. The Morgan fingerprint density at radius 3 is 2.39 bits per heavy atom. The highest BCUT2D eigenvalue weighted by atomic mass is 35.5. The van der Waals surface area contributed by atoms with Crippen molar-refractivity contribution < 1.29 is 23.1 Å². The van der Waals surface area contributed by atoms with Crippen LogP contribution in [0.3, 0.4) is 0 Å². The van der Waals surface area contributed by atoms with Crippen molar-refractivity contribution >= 4 is 28.2 Å². The summed E-state index contributed by atoms with van der Waals surface area (Å²) in [6.07, 6.45) is 3.24. The number of sulfone groups is 1. The summed E-state index contributed by atoms with van der Waals surface area (Å²) in [6.45, 7) is 2.93. The zero-order valence-corrected chi connectivity index (χ0v) is 15.0. The van der Waals surface area contributed by atoms with Crippen LogP contribution in [0.4, 0.5) is 0 Å². The van der Waals surface area contributed by atoms with Gasteiger partial charge in [-0.25, -0.2) is 8.42 Å². The largest absolute Gasteiger partial charge is 0.494 e. The van der Waals surface area contributed by atoms with Gasteiger partial charge in [-0.2, -0.15) is 0 Å². The number of benzene rings is 1. The lowest BCUT2D eigenvalue weighted by Crippen LogP contribution is -2.37. The molecule has 0 spiro atoms. The third kappa shape index (κ3) is 8.20. The normalized spacial score (nSPS) is 12.3. The number of aliphatic carboxylic acids is 1. The smallest absolute Gasteiger partial charge is 0.320 e. The fourth-order valence-electron chi connectivity index (χ4n) is 1.92. The molecule has 6 nitrogen and oxygen atoms in total. The summed E-state index contributed by atoms with van der Waals surface area (Å²) in [5, 5.41) is 12.0. The van der Waals surface area contributed by atoms with Crippen LogP contribution in [0, 0.1) is 0 Å². The maximum atomic E-state index is 11.3. The van der Waals surface area contributed by atoms with Crippen LogP contribution in [0.1, 0.15) is 26.2 Å². The van der Waals surface area contributed by atoms with Gasteiger partial charge in [-0.15, -0.1) is 12.4 Å². The van der Waals surface area contributed by atoms with Gasteiger partial charge in [0, 0.05) is 6.26 Å². The number of hydrogen-bond donors (Lipinski definition) is 2. The van der Waals surface area contributed by atoms with Crippen molar-refractivity contribution in [2.75, 3.05) is 19.4 Å². The molecule has 23 heavy (non-hydrogen) atoms. The summed E-state index contributed by atoms with van der Waals surface area (Å²) in [5.41, 5.74) is 0. The first kappa shape index (κ1) is 21.7. The first-order chi connectivity index (χ1) is 10.3. The van der Waals surface area contributed by atoms with E-state index < -0.39 is 21.8 Å². The number of ether oxygens (including phenoxy) is 1. The zero-order chi connectivity index (χ0) is 16.6. The third-order valence-electron chi connectivity index (χ3n) is 3.11. The Kier molecular flexibility index (Phi) is 9.87. The van der Waals surface area contributed by atoms with Gasteiger partial charge in [0.15, 0.2) is 9.84 Å². The molecule has 0 aliphatic heterocycles. The molecule has 1 atom stereocenters. The summed E-state index contributed by atoms with van der Waals surface area (Å²) >= 11 is 0. The van der Waals surface area contributed by atoms with Gasteiger partial charge in [0.2, 0.25) is 0 Å².